The summed E-state index contributed by atoms with van der Waals surface area (Å²) in [6.07, 6.45) is 5.20. The van der Waals surface area contributed by atoms with Gasteiger partial charge in [0.15, 0.2) is 0 Å². The van der Waals surface area contributed by atoms with Crippen molar-refractivity contribution in [3.05, 3.63) is 0 Å². The van der Waals surface area contributed by atoms with Crippen LogP contribution in [0.25, 0.3) is 0 Å². The maximum atomic E-state index is 11.0. The molecule has 2 aliphatic rings. The van der Waals surface area contributed by atoms with Crippen molar-refractivity contribution in [2.45, 2.75) is 37.8 Å². The van der Waals surface area contributed by atoms with E-state index in [2.05, 4.69) is 10.2 Å². The molecular weight excluding hydrogens is 178 g/mol. The third kappa shape index (κ3) is 2.25. The Hall–Kier alpha value is -0.610. The molecule has 1 amide bonds. The van der Waals surface area contributed by atoms with Crippen molar-refractivity contribution in [2.75, 3.05) is 19.6 Å². The highest BCUT2D eigenvalue weighted by Crippen LogP contribution is 2.32. The Morgan fingerprint density at radius 3 is 2.86 bits per heavy atom. The van der Waals surface area contributed by atoms with Crippen molar-refractivity contribution in [3.8, 4) is 0 Å². The lowest BCUT2D eigenvalue weighted by molar-refractivity contribution is -0.119. The van der Waals surface area contributed by atoms with Crippen molar-refractivity contribution in [2.24, 2.45) is 5.73 Å². The van der Waals surface area contributed by atoms with Gasteiger partial charge in [-0.25, -0.2) is 0 Å². The molecular formula is C10H19N3O. The summed E-state index contributed by atoms with van der Waals surface area (Å²) in [6, 6.07) is 1.38. The summed E-state index contributed by atoms with van der Waals surface area (Å²) in [6.45, 7) is 2.11. The van der Waals surface area contributed by atoms with E-state index in [0.717, 1.165) is 12.6 Å². The SMILES string of the molecule is NCC(=O)NCC1CCCN1C1CC1. The highest BCUT2D eigenvalue weighted by molar-refractivity contribution is 5.77. The lowest BCUT2D eigenvalue weighted by atomic mass is 10.2. The molecule has 1 unspecified atom stereocenters. The van der Waals surface area contributed by atoms with Crippen LogP contribution in [0.15, 0.2) is 0 Å². The number of likely N-dealkylation sites (tertiary alicyclic amines) is 1. The molecule has 3 N–H and O–H groups in total. The van der Waals surface area contributed by atoms with Crippen LogP contribution >= 0.6 is 0 Å². The summed E-state index contributed by atoms with van der Waals surface area (Å²) in [5, 5.41) is 2.88. The molecule has 2 rings (SSSR count). The summed E-state index contributed by atoms with van der Waals surface area (Å²) >= 11 is 0. The van der Waals surface area contributed by atoms with Gasteiger partial charge in [0.05, 0.1) is 6.54 Å². The molecule has 1 saturated heterocycles. The second-order valence-corrected chi connectivity index (χ2v) is 4.27. The van der Waals surface area contributed by atoms with E-state index in [1.807, 2.05) is 0 Å². The number of carbonyl (C=O) groups excluding carboxylic acids is 1. The van der Waals surface area contributed by atoms with Crippen molar-refractivity contribution in [1.82, 2.24) is 10.2 Å². The van der Waals surface area contributed by atoms with Gasteiger partial charge < -0.3 is 11.1 Å². The number of hydrogen-bond donors (Lipinski definition) is 2. The Balaban J connectivity index is 1.75. The predicted octanol–water partition coefficient (Wildman–Crippen LogP) is -0.312. The molecule has 1 atom stereocenters. The van der Waals surface area contributed by atoms with Crippen LogP contribution in [0.3, 0.4) is 0 Å². The van der Waals surface area contributed by atoms with Gasteiger partial charge in [-0.1, -0.05) is 0 Å². The Kier molecular flexibility index (Phi) is 3.03. The van der Waals surface area contributed by atoms with Crippen LogP contribution in [-0.4, -0.2) is 42.5 Å². The summed E-state index contributed by atoms with van der Waals surface area (Å²) in [5.41, 5.74) is 5.24. The predicted molar refractivity (Wildman–Crippen MR) is 54.8 cm³/mol. The number of nitrogens with zero attached hydrogens (tertiary/aromatic N) is 1. The fourth-order valence-electron chi connectivity index (χ4n) is 2.27. The maximum absolute atomic E-state index is 11.0. The minimum atomic E-state index is -0.0346. The first kappa shape index (κ1) is 9.93. The van der Waals surface area contributed by atoms with Crippen LogP contribution in [0.5, 0.6) is 0 Å². The molecule has 0 aromatic heterocycles. The minimum Gasteiger partial charge on any atom is -0.353 e. The van der Waals surface area contributed by atoms with Gasteiger partial charge in [0, 0.05) is 18.6 Å². The first-order valence-corrected chi connectivity index (χ1v) is 5.54. The van der Waals surface area contributed by atoms with Crippen LogP contribution in [-0.2, 0) is 4.79 Å². The van der Waals surface area contributed by atoms with E-state index in [4.69, 9.17) is 5.73 Å². The zero-order valence-corrected chi connectivity index (χ0v) is 8.54. The number of carbonyl (C=O) groups is 1. The standard InChI is InChI=1S/C10H19N3O/c11-6-10(14)12-7-9-2-1-5-13(9)8-3-4-8/h8-9H,1-7,11H2,(H,12,14). The van der Waals surface area contributed by atoms with Gasteiger partial charge in [-0.2, -0.15) is 0 Å². The topological polar surface area (TPSA) is 58.4 Å². The van der Waals surface area contributed by atoms with Crippen LogP contribution in [0.4, 0.5) is 0 Å². The largest absolute Gasteiger partial charge is 0.353 e. The molecule has 0 aromatic carbocycles. The fraction of sp³-hybridized carbons (Fsp3) is 0.900. The second kappa shape index (κ2) is 4.28. The molecule has 80 valence electrons. The number of nitrogens with one attached hydrogen (secondary N) is 1. The van der Waals surface area contributed by atoms with Crippen LogP contribution in [0.1, 0.15) is 25.7 Å². The van der Waals surface area contributed by atoms with E-state index in [1.54, 1.807) is 0 Å². The number of hydrogen-bond acceptors (Lipinski definition) is 3. The van der Waals surface area contributed by atoms with Gasteiger partial charge in [-0.05, 0) is 32.2 Å². The zero-order valence-electron chi connectivity index (χ0n) is 8.54. The third-order valence-electron chi connectivity index (χ3n) is 3.16. The Bertz CT molecular complexity index is 215. The smallest absolute Gasteiger partial charge is 0.233 e. The van der Waals surface area contributed by atoms with Gasteiger partial charge in [0.2, 0.25) is 5.91 Å². The first-order chi connectivity index (χ1) is 6.81. The Labute approximate surface area is 84.8 Å². The maximum Gasteiger partial charge on any atom is 0.233 e. The average molecular weight is 197 g/mol. The van der Waals surface area contributed by atoms with Gasteiger partial charge in [-0.3, -0.25) is 9.69 Å². The number of nitrogens with two attached hydrogens (primary N) is 1. The van der Waals surface area contributed by atoms with Crippen molar-refractivity contribution in [3.63, 3.8) is 0 Å². The van der Waals surface area contributed by atoms with E-state index >= 15 is 0 Å². The second-order valence-electron chi connectivity index (χ2n) is 4.27. The normalized spacial score (nSPS) is 27.9. The van der Waals surface area contributed by atoms with Gasteiger partial charge >= 0.3 is 0 Å². The molecule has 1 saturated carbocycles. The molecule has 4 nitrogen and oxygen atoms in total. The molecule has 1 heterocycles. The van der Waals surface area contributed by atoms with Gasteiger partial charge in [0.25, 0.3) is 0 Å². The van der Waals surface area contributed by atoms with E-state index < -0.39 is 0 Å². The summed E-state index contributed by atoms with van der Waals surface area (Å²) in [4.78, 5) is 13.6. The van der Waals surface area contributed by atoms with E-state index in [1.165, 1.54) is 32.2 Å². The van der Waals surface area contributed by atoms with Crippen LogP contribution in [0, 0.1) is 0 Å². The Morgan fingerprint density at radius 2 is 2.21 bits per heavy atom. The van der Waals surface area contributed by atoms with Crippen molar-refractivity contribution in [1.29, 1.82) is 0 Å². The fourth-order valence-corrected chi connectivity index (χ4v) is 2.27. The van der Waals surface area contributed by atoms with Crippen LogP contribution in [0.2, 0.25) is 0 Å². The zero-order chi connectivity index (χ0) is 9.97. The monoisotopic (exact) mass is 197 g/mol. The molecule has 1 aliphatic heterocycles. The third-order valence-corrected chi connectivity index (χ3v) is 3.16. The number of amides is 1. The lowest BCUT2D eigenvalue weighted by Crippen LogP contribution is -2.42. The van der Waals surface area contributed by atoms with E-state index in [9.17, 15) is 4.79 Å². The van der Waals surface area contributed by atoms with Crippen molar-refractivity contribution >= 4 is 5.91 Å². The summed E-state index contributed by atoms with van der Waals surface area (Å²) < 4.78 is 0. The molecule has 4 heteroatoms. The molecule has 0 spiro atoms. The summed E-state index contributed by atoms with van der Waals surface area (Å²) in [5.74, 6) is -0.0346. The van der Waals surface area contributed by atoms with Crippen molar-refractivity contribution < 1.29 is 4.79 Å². The molecule has 1 aliphatic carbocycles. The summed E-state index contributed by atoms with van der Waals surface area (Å²) in [7, 11) is 0. The first-order valence-electron chi connectivity index (χ1n) is 5.54. The highest BCUT2D eigenvalue weighted by atomic mass is 16.1. The minimum absolute atomic E-state index is 0.0346. The highest BCUT2D eigenvalue weighted by Gasteiger charge is 2.36. The average Bonchev–Trinajstić information content (AvgIpc) is 2.94. The molecule has 0 bridgehead atoms. The lowest BCUT2D eigenvalue weighted by Gasteiger charge is -2.24. The molecule has 14 heavy (non-hydrogen) atoms. The molecule has 2 fully saturated rings. The van der Waals surface area contributed by atoms with Gasteiger partial charge in [0.1, 0.15) is 0 Å². The number of rotatable bonds is 4. The van der Waals surface area contributed by atoms with E-state index in [0.29, 0.717) is 6.04 Å². The molecule has 0 aromatic rings. The molecule has 0 radical (unpaired) electrons. The Morgan fingerprint density at radius 1 is 1.43 bits per heavy atom. The van der Waals surface area contributed by atoms with E-state index in [-0.39, 0.29) is 12.5 Å². The van der Waals surface area contributed by atoms with Crippen LogP contribution < -0.4 is 11.1 Å². The quantitative estimate of drug-likeness (QED) is 0.650. The van der Waals surface area contributed by atoms with Gasteiger partial charge in [-0.15, -0.1) is 0 Å².